The maximum Gasteiger partial charge on any atom is 0.324 e. The minimum atomic E-state index is -0.881. The van der Waals surface area contributed by atoms with E-state index >= 15 is 0 Å². The predicted molar refractivity (Wildman–Crippen MR) is 73.0 cm³/mol. The Morgan fingerprint density at radius 3 is 2.90 bits per heavy atom. The predicted octanol–water partition coefficient (Wildman–Crippen LogP) is 2.75. The molecule has 4 nitrogen and oxygen atoms in total. The molecular weight excluding hydrogens is 261 g/mol. The molecule has 5 heteroatoms. The van der Waals surface area contributed by atoms with Crippen molar-refractivity contribution in [1.82, 2.24) is 4.90 Å². The maximum absolute atomic E-state index is 13.3. The number of carbonyl (C=O) groups is 1. The number of phenols is 1. The molecule has 0 aromatic heterocycles. The lowest BCUT2D eigenvalue weighted by atomic mass is 9.90. The molecular formula is C15H20FNO3. The summed E-state index contributed by atoms with van der Waals surface area (Å²) in [4.78, 5) is 13.5. The normalized spacial score (nSPS) is 23.1. The summed E-state index contributed by atoms with van der Waals surface area (Å²) in [5.41, 5.74) is -0.443. The van der Waals surface area contributed by atoms with Crippen LogP contribution in [-0.2, 0) is 11.3 Å². The molecule has 110 valence electrons. The lowest BCUT2D eigenvalue weighted by Crippen LogP contribution is -2.50. The highest BCUT2D eigenvalue weighted by atomic mass is 19.1. The molecule has 1 aromatic carbocycles. The van der Waals surface area contributed by atoms with E-state index in [2.05, 4.69) is 0 Å². The number of hydrogen-bond donors (Lipinski definition) is 2. The van der Waals surface area contributed by atoms with Crippen molar-refractivity contribution in [3.8, 4) is 5.75 Å². The van der Waals surface area contributed by atoms with Crippen molar-refractivity contribution < 1.29 is 19.4 Å². The topological polar surface area (TPSA) is 60.8 Å². The molecule has 1 saturated heterocycles. The number of benzene rings is 1. The largest absolute Gasteiger partial charge is 0.508 e. The second-order valence-corrected chi connectivity index (χ2v) is 5.38. The number of rotatable bonds is 5. The molecule has 0 radical (unpaired) electrons. The molecule has 2 rings (SSSR count). The Morgan fingerprint density at radius 2 is 2.25 bits per heavy atom. The molecule has 1 aliphatic rings. The standard InChI is InChI=1S/C15H20FNO3/c1-2-6-15(14(19)20)7-3-8-17(15)10-11-9-12(16)4-5-13(11)18/h4-5,9,18H,2-3,6-8,10H2,1H3,(H,19,20). The molecule has 2 N–H and O–H groups in total. The maximum atomic E-state index is 13.3. The first-order valence-electron chi connectivity index (χ1n) is 6.95. The first-order valence-corrected chi connectivity index (χ1v) is 6.95. The van der Waals surface area contributed by atoms with Crippen LogP contribution in [0.3, 0.4) is 0 Å². The van der Waals surface area contributed by atoms with E-state index in [4.69, 9.17) is 0 Å². The van der Waals surface area contributed by atoms with Crippen LogP contribution in [0.15, 0.2) is 18.2 Å². The third kappa shape index (κ3) is 2.63. The third-order valence-corrected chi connectivity index (χ3v) is 4.09. The van der Waals surface area contributed by atoms with Crippen LogP contribution in [0.2, 0.25) is 0 Å². The molecule has 0 bridgehead atoms. The van der Waals surface area contributed by atoms with Crippen molar-refractivity contribution in [3.05, 3.63) is 29.6 Å². The molecule has 1 aliphatic heterocycles. The SMILES string of the molecule is CCCC1(C(=O)O)CCCN1Cc1cc(F)ccc1O. The Bertz CT molecular complexity index is 506. The first kappa shape index (κ1) is 14.8. The summed E-state index contributed by atoms with van der Waals surface area (Å²) in [6.45, 7) is 2.87. The van der Waals surface area contributed by atoms with Crippen molar-refractivity contribution in [3.63, 3.8) is 0 Å². The molecule has 0 amide bonds. The molecule has 0 aliphatic carbocycles. The number of aromatic hydroxyl groups is 1. The van der Waals surface area contributed by atoms with E-state index in [1.165, 1.54) is 18.2 Å². The second-order valence-electron chi connectivity index (χ2n) is 5.38. The van der Waals surface area contributed by atoms with Gasteiger partial charge in [0.25, 0.3) is 0 Å². The van der Waals surface area contributed by atoms with E-state index in [1.807, 2.05) is 11.8 Å². The Kier molecular flexibility index (Phi) is 4.28. The number of nitrogens with zero attached hydrogens (tertiary/aromatic N) is 1. The summed E-state index contributed by atoms with van der Waals surface area (Å²) in [6.07, 6.45) is 2.75. The summed E-state index contributed by atoms with van der Waals surface area (Å²) in [7, 11) is 0. The van der Waals surface area contributed by atoms with Crippen LogP contribution in [0.5, 0.6) is 5.75 Å². The van der Waals surface area contributed by atoms with E-state index in [0.717, 1.165) is 12.8 Å². The highest BCUT2D eigenvalue weighted by Crippen LogP contribution is 2.36. The number of hydrogen-bond acceptors (Lipinski definition) is 3. The molecule has 1 unspecified atom stereocenters. The number of aliphatic carboxylic acids is 1. The summed E-state index contributed by atoms with van der Waals surface area (Å²) in [5, 5.41) is 19.4. The summed E-state index contributed by atoms with van der Waals surface area (Å²) in [5.74, 6) is -1.24. The van der Waals surface area contributed by atoms with Gasteiger partial charge in [0.2, 0.25) is 0 Å². The fourth-order valence-electron chi connectivity index (χ4n) is 3.10. The van der Waals surface area contributed by atoms with Crippen LogP contribution >= 0.6 is 0 Å². The zero-order valence-electron chi connectivity index (χ0n) is 11.6. The minimum absolute atomic E-state index is 0.00841. The van der Waals surface area contributed by atoms with Crippen molar-refractivity contribution >= 4 is 5.97 Å². The number of carboxylic acid groups (broad SMARTS) is 1. The van der Waals surface area contributed by atoms with Gasteiger partial charge in [0.1, 0.15) is 17.1 Å². The van der Waals surface area contributed by atoms with Gasteiger partial charge in [-0.05, 0) is 44.0 Å². The van der Waals surface area contributed by atoms with Crippen LogP contribution in [0.1, 0.15) is 38.2 Å². The average molecular weight is 281 g/mol. The summed E-state index contributed by atoms with van der Waals surface area (Å²) >= 11 is 0. The van der Waals surface area contributed by atoms with Gasteiger partial charge in [-0.15, -0.1) is 0 Å². The highest BCUT2D eigenvalue weighted by Gasteiger charge is 2.46. The molecule has 1 heterocycles. The first-order chi connectivity index (χ1) is 9.49. The Morgan fingerprint density at radius 1 is 1.50 bits per heavy atom. The van der Waals surface area contributed by atoms with Crippen LogP contribution in [0.4, 0.5) is 4.39 Å². The third-order valence-electron chi connectivity index (χ3n) is 4.09. The number of halogens is 1. The van der Waals surface area contributed by atoms with E-state index in [0.29, 0.717) is 24.9 Å². The van der Waals surface area contributed by atoms with Gasteiger partial charge < -0.3 is 10.2 Å². The van der Waals surface area contributed by atoms with Gasteiger partial charge in [0.15, 0.2) is 0 Å². The van der Waals surface area contributed by atoms with E-state index in [-0.39, 0.29) is 12.3 Å². The van der Waals surface area contributed by atoms with Crippen molar-refractivity contribution in [1.29, 1.82) is 0 Å². The van der Waals surface area contributed by atoms with Crippen LogP contribution in [0, 0.1) is 5.82 Å². The number of carboxylic acids is 1. The van der Waals surface area contributed by atoms with E-state index in [9.17, 15) is 19.4 Å². The van der Waals surface area contributed by atoms with Crippen LogP contribution in [-0.4, -0.2) is 33.2 Å². The second kappa shape index (κ2) is 5.79. The van der Waals surface area contributed by atoms with Gasteiger partial charge in [0, 0.05) is 12.1 Å². The van der Waals surface area contributed by atoms with E-state index in [1.54, 1.807) is 0 Å². The Balaban J connectivity index is 2.26. The number of likely N-dealkylation sites (tertiary alicyclic amines) is 1. The summed E-state index contributed by atoms with van der Waals surface area (Å²) < 4.78 is 13.3. The molecule has 1 atom stereocenters. The van der Waals surface area contributed by atoms with Crippen LogP contribution < -0.4 is 0 Å². The number of phenolic OH excluding ortho intramolecular Hbond substituents is 1. The van der Waals surface area contributed by atoms with Crippen LogP contribution in [0.25, 0.3) is 0 Å². The molecule has 0 saturated carbocycles. The van der Waals surface area contributed by atoms with Gasteiger partial charge in [-0.1, -0.05) is 13.3 Å². The van der Waals surface area contributed by atoms with Gasteiger partial charge in [-0.3, -0.25) is 9.69 Å². The smallest absolute Gasteiger partial charge is 0.324 e. The summed E-state index contributed by atoms with van der Waals surface area (Å²) in [6, 6.07) is 3.77. The Labute approximate surface area is 117 Å². The fraction of sp³-hybridized carbons (Fsp3) is 0.533. The quantitative estimate of drug-likeness (QED) is 0.871. The lowest BCUT2D eigenvalue weighted by molar-refractivity contribution is -0.150. The van der Waals surface area contributed by atoms with E-state index < -0.39 is 17.3 Å². The Hall–Kier alpha value is -1.62. The van der Waals surface area contributed by atoms with Crippen molar-refractivity contribution in [2.24, 2.45) is 0 Å². The monoisotopic (exact) mass is 281 g/mol. The molecule has 1 aromatic rings. The molecule has 20 heavy (non-hydrogen) atoms. The van der Waals surface area contributed by atoms with Crippen molar-refractivity contribution in [2.75, 3.05) is 6.54 Å². The zero-order chi connectivity index (χ0) is 14.8. The van der Waals surface area contributed by atoms with Gasteiger partial charge in [-0.25, -0.2) is 4.39 Å². The average Bonchev–Trinajstić information content (AvgIpc) is 2.79. The molecule has 0 spiro atoms. The van der Waals surface area contributed by atoms with Gasteiger partial charge >= 0.3 is 5.97 Å². The van der Waals surface area contributed by atoms with Crippen molar-refractivity contribution in [2.45, 2.75) is 44.7 Å². The molecule has 1 fully saturated rings. The van der Waals surface area contributed by atoms with Gasteiger partial charge in [-0.2, -0.15) is 0 Å². The fourth-order valence-corrected chi connectivity index (χ4v) is 3.10. The highest BCUT2D eigenvalue weighted by molar-refractivity contribution is 5.79. The lowest BCUT2D eigenvalue weighted by Gasteiger charge is -2.34. The van der Waals surface area contributed by atoms with Gasteiger partial charge in [0.05, 0.1) is 0 Å². The minimum Gasteiger partial charge on any atom is -0.508 e. The zero-order valence-corrected chi connectivity index (χ0v) is 11.6.